The molecule has 1 fully saturated rings. The zero-order valence-corrected chi connectivity index (χ0v) is 13.5. The molecule has 1 saturated heterocycles. The Kier molecular flexibility index (Phi) is 8.58. The van der Waals surface area contributed by atoms with Gasteiger partial charge < -0.3 is 15.4 Å². The number of carbonyl (C=O) groups excluding carboxylic acids is 1. The predicted octanol–water partition coefficient (Wildman–Crippen LogP) is 1.31. The number of amides is 1. The molecule has 22 heavy (non-hydrogen) atoms. The summed E-state index contributed by atoms with van der Waals surface area (Å²) in [4.78, 5) is 14.6. The molecule has 2 N–H and O–H groups in total. The number of piperazine rings is 1. The number of nitrogens with one attached hydrogen (secondary N) is 2. The summed E-state index contributed by atoms with van der Waals surface area (Å²) in [6.45, 7) is 9.65. The third kappa shape index (κ3) is 5.67. The number of hydrogen-bond acceptors (Lipinski definition) is 4. The molecule has 0 radical (unpaired) electrons. The maximum Gasteiger partial charge on any atom is 0.255 e. The number of carbonyl (C=O) groups is 1. The van der Waals surface area contributed by atoms with Crippen LogP contribution in [-0.2, 0) is 0 Å². The first-order chi connectivity index (χ1) is 10.3. The van der Waals surface area contributed by atoms with Gasteiger partial charge in [0.1, 0.15) is 12.4 Å². The van der Waals surface area contributed by atoms with Crippen LogP contribution in [0.5, 0.6) is 5.75 Å². The minimum atomic E-state index is -0.0928. The van der Waals surface area contributed by atoms with Gasteiger partial charge in [0.05, 0.1) is 5.56 Å². The van der Waals surface area contributed by atoms with E-state index in [4.69, 9.17) is 4.74 Å². The highest BCUT2D eigenvalue weighted by Gasteiger charge is 2.13. The first kappa shape index (κ1) is 18.5. The molecule has 0 atom stereocenters. The second-order valence-corrected chi connectivity index (χ2v) is 4.94. The van der Waals surface area contributed by atoms with Gasteiger partial charge in [0.15, 0.2) is 0 Å². The number of benzene rings is 1. The van der Waals surface area contributed by atoms with Gasteiger partial charge in [-0.3, -0.25) is 9.69 Å². The van der Waals surface area contributed by atoms with E-state index < -0.39 is 0 Å². The maximum atomic E-state index is 12.2. The quantitative estimate of drug-likeness (QED) is 0.742. The first-order valence-electron chi connectivity index (χ1n) is 7.35. The maximum absolute atomic E-state index is 12.2. The van der Waals surface area contributed by atoms with Gasteiger partial charge in [0.2, 0.25) is 0 Å². The van der Waals surface area contributed by atoms with Gasteiger partial charge in [-0.05, 0) is 12.1 Å². The Labute approximate surface area is 138 Å². The second-order valence-electron chi connectivity index (χ2n) is 4.94. The van der Waals surface area contributed by atoms with Crippen LogP contribution in [0.3, 0.4) is 0 Å². The van der Waals surface area contributed by atoms with Crippen molar-refractivity contribution in [2.24, 2.45) is 0 Å². The van der Waals surface area contributed by atoms with Crippen LogP contribution in [-0.4, -0.2) is 56.7 Å². The summed E-state index contributed by atoms with van der Waals surface area (Å²) in [5.41, 5.74) is 0.569. The highest BCUT2D eigenvalue weighted by Crippen LogP contribution is 2.17. The van der Waals surface area contributed by atoms with E-state index in [9.17, 15) is 4.79 Å². The van der Waals surface area contributed by atoms with Gasteiger partial charge in [-0.1, -0.05) is 24.8 Å². The Balaban J connectivity index is 0.00000242. The van der Waals surface area contributed by atoms with E-state index in [1.807, 2.05) is 12.1 Å². The topological polar surface area (TPSA) is 53.6 Å². The standard InChI is InChI=1S/C16H23N3O2.ClH/c1-2-13-21-15-6-4-3-5-14(15)16(20)18-9-12-19-10-7-17-8-11-19;/h2-6,17H,1,7-13H2,(H,18,20);1H. The Bertz CT molecular complexity index is 476. The minimum Gasteiger partial charge on any atom is -0.489 e. The Morgan fingerprint density at radius 3 is 2.82 bits per heavy atom. The Morgan fingerprint density at radius 1 is 1.36 bits per heavy atom. The highest BCUT2D eigenvalue weighted by atomic mass is 35.5. The van der Waals surface area contributed by atoms with Crippen LogP contribution >= 0.6 is 12.4 Å². The number of para-hydroxylation sites is 1. The molecule has 0 bridgehead atoms. The normalized spacial score (nSPS) is 14.7. The summed E-state index contributed by atoms with van der Waals surface area (Å²) in [6.07, 6.45) is 1.67. The number of nitrogens with zero attached hydrogens (tertiary/aromatic N) is 1. The van der Waals surface area contributed by atoms with E-state index in [0.29, 0.717) is 24.5 Å². The summed E-state index contributed by atoms with van der Waals surface area (Å²) < 4.78 is 5.51. The molecule has 0 aliphatic carbocycles. The first-order valence-corrected chi connectivity index (χ1v) is 7.35. The van der Waals surface area contributed by atoms with E-state index in [0.717, 1.165) is 32.7 Å². The molecule has 5 nitrogen and oxygen atoms in total. The molecular weight excluding hydrogens is 302 g/mol. The second kappa shape index (κ2) is 10.2. The molecule has 0 aromatic heterocycles. The lowest BCUT2D eigenvalue weighted by Crippen LogP contribution is -2.46. The smallest absolute Gasteiger partial charge is 0.255 e. The summed E-state index contributed by atoms with van der Waals surface area (Å²) in [6, 6.07) is 7.27. The average molecular weight is 326 g/mol. The van der Waals surface area contributed by atoms with Crippen molar-refractivity contribution in [3.8, 4) is 5.75 Å². The van der Waals surface area contributed by atoms with Crippen molar-refractivity contribution in [3.05, 3.63) is 42.5 Å². The zero-order chi connectivity index (χ0) is 14.9. The minimum absolute atomic E-state index is 0. The van der Waals surface area contributed by atoms with E-state index in [-0.39, 0.29) is 18.3 Å². The van der Waals surface area contributed by atoms with Crippen LogP contribution < -0.4 is 15.4 Å². The summed E-state index contributed by atoms with van der Waals surface area (Å²) >= 11 is 0. The van der Waals surface area contributed by atoms with Gasteiger partial charge in [0.25, 0.3) is 5.91 Å². The number of rotatable bonds is 7. The van der Waals surface area contributed by atoms with Crippen LogP contribution in [0.15, 0.2) is 36.9 Å². The third-order valence-electron chi connectivity index (χ3n) is 3.41. The third-order valence-corrected chi connectivity index (χ3v) is 3.41. The van der Waals surface area contributed by atoms with Crippen LogP contribution in [0, 0.1) is 0 Å². The molecule has 0 unspecified atom stereocenters. The predicted molar refractivity (Wildman–Crippen MR) is 91.0 cm³/mol. The molecule has 1 aromatic rings. The number of halogens is 1. The van der Waals surface area contributed by atoms with Crippen LogP contribution in [0.1, 0.15) is 10.4 Å². The molecule has 1 aromatic carbocycles. The fourth-order valence-corrected chi connectivity index (χ4v) is 2.29. The largest absolute Gasteiger partial charge is 0.489 e. The van der Waals surface area contributed by atoms with Crippen molar-refractivity contribution in [1.82, 2.24) is 15.5 Å². The fraction of sp³-hybridized carbons (Fsp3) is 0.438. The SMILES string of the molecule is C=CCOc1ccccc1C(=O)NCCN1CCNCC1.Cl. The fourth-order valence-electron chi connectivity index (χ4n) is 2.29. The van der Waals surface area contributed by atoms with E-state index in [2.05, 4.69) is 22.1 Å². The van der Waals surface area contributed by atoms with Crippen molar-refractivity contribution in [2.75, 3.05) is 45.9 Å². The number of hydrogen-bond donors (Lipinski definition) is 2. The molecule has 122 valence electrons. The molecule has 1 amide bonds. The molecule has 6 heteroatoms. The van der Waals surface area contributed by atoms with Crippen molar-refractivity contribution >= 4 is 18.3 Å². The van der Waals surface area contributed by atoms with Gasteiger partial charge in [0, 0.05) is 39.3 Å². The lowest BCUT2D eigenvalue weighted by Gasteiger charge is -2.27. The molecule has 0 spiro atoms. The monoisotopic (exact) mass is 325 g/mol. The zero-order valence-electron chi connectivity index (χ0n) is 12.7. The van der Waals surface area contributed by atoms with Crippen molar-refractivity contribution < 1.29 is 9.53 Å². The average Bonchev–Trinajstić information content (AvgIpc) is 2.54. The summed E-state index contributed by atoms with van der Waals surface area (Å²) in [5, 5.41) is 6.27. The van der Waals surface area contributed by atoms with Gasteiger partial charge >= 0.3 is 0 Å². The van der Waals surface area contributed by atoms with Gasteiger partial charge in [-0.25, -0.2) is 0 Å². The van der Waals surface area contributed by atoms with Crippen LogP contribution in [0.25, 0.3) is 0 Å². The van der Waals surface area contributed by atoms with Crippen molar-refractivity contribution in [3.63, 3.8) is 0 Å². The van der Waals surface area contributed by atoms with Gasteiger partial charge in [-0.15, -0.1) is 12.4 Å². The summed E-state index contributed by atoms with van der Waals surface area (Å²) in [5.74, 6) is 0.502. The Hall–Kier alpha value is -1.56. The van der Waals surface area contributed by atoms with Gasteiger partial charge in [-0.2, -0.15) is 0 Å². The highest BCUT2D eigenvalue weighted by molar-refractivity contribution is 5.96. The molecule has 1 heterocycles. The molecule has 2 rings (SSSR count). The summed E-state index contributed by atoms with van der Waals surface area (Å²) in [7, 11) is 0. The lowest BCUT2D eigenvalue weighted by atomic mass is 10.2. The van der Waals surface area contributed by atoms with Crippen molar-refractivity contribution in [1.29, 1.82) is 0 Å². The number of ether oxygens (including phenoxy) is 1. The van der Waals surface area contributed by atoms with E-state index in [1.54, 1.807) is 18.2 Å². The lowest BCUT2D eigenvalue weighted by molar-refractivity contribution is 0.0943. The van der Waals surface area contributed by atoms with Crippen LogP contribution in [0.4, 0.5) is 0 Å². The molecule has 1 aliphatic heterocycles. The van der Waals surface area contributed by atoms with Crippen LogP contribution in [0.2, 0.25) is 0 Å². The van der Waals surface area contributed by atoms with Crippen molar-refractivity contribution in [2.45, 2.75) is 0 Å². The molecule has 1 aliphatic rings. The molecule has 0 saturated carbocycles. The van der Waals surface area contributed by atoms with E-state index >= 15 is 0 Å². The molecular formula is C16H24ClN3O2. The Morgan fingerprint density at radius 2 is 2.09 bits per heavy atom. The van der Waals surface area contributed by atoms with E-state index in [1.165, 1.54) is 0 Å².